The normalized spacial score (nSPS) is 12.0. The van der Waals surface area contributed by atoms with Crippen molar-refractivity contribution >= 4 is 32.8 Å². The van der Waals surface area contributed by atoms with Gasteiger partial charge in [-0.25, -0.2) is 8.96 Å². The van der Waals surface area contributed by atoms with Crippen LogP contribution in [0, 0.1) is 12.7 Å². The first-order chi connectivity index (χ1) is 20.8. The van der Waals surface area contributed by atoms with E-state index in [4.69, 9.17) is 0 Å². The van der Waals surface area contributed by atoms with E-state index in [1.165, 1.54) is 56.3 Å². The van der Waals surface area contributed by atoms with Crippen molar-refractivity contribution in [3.8, 4) is 22.8 Å². The maximum Gasteiger partial charge on any atom is 0.375 e. The summed E-state index contributed by atoms with van der Waals surface area (Å²) < 4.78 is 21.2. The van der Waals surface area contributed by atoms with Crippen LogP contribution in [0.3, 0.4) is 0 Å². The Bertz CT molecular complexity index is 2130. The van der Waals surface area contributed by atoms with Gasteiger partial charge in [-0.1, -0.05) is 100 Å². The Morgan fingerprint density at radius 3 is 1.95 bits per heavy atom. The molecule has 0 bridgehead atoms. The molecule has 2 heterocycles. The van der Waals surface area contributed by atoms with Gasteiger partial charge in [-0.3, -0.25) is 0 Å². The molecule has 214 valence electrons. The number of aromatic nitrogens is 3. The van der Waals surface area contributed by atoms with E-state index in [0.29, 0.717) is 11.8 Å². The molecule has 4 heteroatoms. The molecule has 0 radical (unpaired) electrons. The first-order valence-corrected chi connectivity index (χ1v) is 15.2. The number of imidazole rings is 1. The van der Waals surface area contributed by atoms with Crippen molar-refractivity contribution < 1.29 is 8.96 Å². The monoisotopic (exact) mass is 566 g/mol. The number of hydrogen-bond acceptors (Lipinski definition) is 0. The van der Waals surface area contributed by atoms with Crippen LogP contribution in [-0.2, 0) is 7.05 Å². The first kappa shape index (κ1) is 27.2. The first-order valence-electron chi connectivity index (χ1n) is 15.2. The number of rotatable bonds is 5. The highest BCUT2D eigenvalue weighted by molar-refractivity contribution is 6.10. The lowest BCUT2D eigenvalue weighted by Crippen LogP contribution is -2.33. The molecule has 5 aromatic carbocycles. The van der Waals surface area contributed by atoms with Gasteiger partial charge in [0.05, 0.1) is 7.05 Å². The summed E-state index contributed by atoms with van der Waals surface area (Å²) in [6, 6.07) is 35.5. The van der Waals surface area contributed by atoms with E-state index < -0.39 is 0 Å². The second kappa shape index (κ2) is 10.2. The lowest BCUT2D eigenvalue weighted by Gasteiger charge is -2.19. The fourth-order valence-electron chi connectivity index (χ4n) is 6.81. The van der Waals surface area contributed by atoms with E-state index in [1.807, 2.05) is 12.1 Å². The number of benzene rings is 5. The van der Waals surface area contributed by atoms with Gasteiger partial charge in [-0.05, 0) is 76.9 Å². The van der Waals surface area contributed by atoms with Crippen LogP contribution in [0.5, 0.6) is 0 Å². The van der Waals surface area contributed by atoms with Crippen molar-refractivity contribution in [2.24, 2.45) is 7.05 Å². The number of nitrogens with zero attached hydrogens (tertiary/aromatic N) is 3. The van der Waals surface area contributed by atoms with Gasteiger partial charge < -0.3 is 0 Å². The fourth-order valence-corrected chi connectivity index (χ4v) is 6.81. The van der Waals surface area contributed by atoms with Crippen molar-refractivity contribution in [3.63, 3.8) is 0 Å². The third kappa shape index (κ3) is 4.19. The van der Waals surface area contributed by atoms with Gasteiger partial charge in [0.1, 0.15) is 33.6 Å². The Hall–Kier alpha value is -4.70. The minimum absolute atomic E-state index is 0.226. The van der Waals surface area contributed by atoms with E-state index >= 15 is 0 Å². The SMILES string of the molecule is Cc1cccc2c3ccccc3n(-c3n(-c4c(C(C)C)cccc4C(C)C)c4cc(-c5ccc(F)cc5)ccc4[n+]3C)c12. The van der Waals surface area contributed by atoms with Crippen molar-refractivity contribution in [3.05, 3.63) is 126 Å². The van der Waals surface area contributed by atoms with Crippen molar-refractivity contribution in [1.82, 2.24) is 9.13 Å². The van der Waals surface area contributed by atoms with Crippen LogP contribution in [0.1, 0.15) is 56.2 Å². The molecule has 0 saturated carbocycles. The fraction of sp³-hybridized carbons (Fsp3) is 0.205. The van der Waals surface area contributed by atoms with Gasteiger partial charge in [0.25, 0.3) is 0 Å². The summed E-state index contributed by atoms with van der Waals surface area (Å²) in [5.74, 6) is 1.51. The molecule has 0 aliphatic heterocycles. The Morgan fingerprint density at radius 2 is 1.26 bits per heavy atom. The summed E-state index contributed by atoms with van der Waals surface area (Å²) in [6.07, 6.45) is 0. The maximum absolute atomic E-state index is 13.9. The molecule has 0 atom stereocenters. The number of aryl methyl sites for hydroxylation is 2. The van der Waals surface area contributed by atoms with Gasteiger partial charge >= 0.3 is 5.95 Å². The number of halogens is 1. The van der Waals surface area contributed by atoms with Crippen molar-refractivity contribution in [2.45, 2.75) is 46.5 Å². The molecule has 43 heavy (non-hydrogen) atoms. The van der Waals surface area contributed by atoms with Crippen LogP contribution < -0.4 is 4.57 Å². The average molecular weight is 567 g/mol. The van der Waals surface area contributed by atoms with Crippen molar-refractivity contribution in [1.29, 1.82) is 0 Å². The Balaban J connectivity index is 1.71. The van der Waals surface area contributed by atoms with Gasteiger partial charge in [-0.15, -0.1) is 0 Å². The Labute approximate surface area is 252 Å². The van der Waals surface area contributed by atoms with Gasteiger partial charge in [-0.2, -0.15) is 9.13 Å². The molecule has 0 fully saturated rings. The second-order valence-corrected chi connectivity index (χ2v) is 12.3. The molecule has 0 aliphatic carbocycles. The lowest BCUT2D eigenvalue weighted by atomic mass is 9.92. The van der Waals surface area contributed by atoms with Crippen LogP contribution in [-0.4, -0.2) is 9.13 Å². The van der Waals surface area contributed by atoms with Gasteiger partial charge in [0.15, 0.2) is 0 Å². The molecule has 7 rings (SSSR count). The molecule has 0 aliphatic rings. The number of hydrogen-bond donors (Lipinski definition) is 0. The predicted octanol–water partition coefficient (Wildman–Crippen LogP) is 9.91. The number of para-hydroxylation sites is 3. The van der Waals surface area contributed by atoms with E-state index in [9.17, 15) is 4.39 Å². The molecule has 0 N–H and O–H groups in total. The largest absolute Gasteiger partial charge is 0.375 e. The summed E-state index contributed by atoms with van der Waals surface area (Å²) in [6.45, 7) is 11.3. The van der Waals surface area contributed by atoms with E-state index in [-0.39, 0.29) is 5.82 Å². The van der Waals surface area contributed by atoms with Crippen LogP contribution in [0.4, 0.5) is 4.39 Å². The minimum atomic E-state index is -0.226. The van der Waals surface area contributed by atoms with Gasteiger partial charge in [0, 0.05) is 10.8 Å². The second-order valence-electron chi connectivity index (χ2n) is 12.3. The lowest BCUT2D eigenvalue weighted by molar-refractivity contribution is -0.639. The summed E-state index contributed by atoms with van der Waals surface area (Å²) >= 11 is 0. The number of fused-ring (bicyclic) bond motifs is 4. The minimum Gasteiger partial charge on any atom is -0.230 e. The third-order valence-corrected chi connectivity index (χ3v) is 8.92. The van der Waals surface area contributed by atoms with Crippen LogP contribution >= 0.6 is 0 Å². The van der Waals surface area contributed by atoms with Crippen LogP contribution in [0.2, 0.25) is 0 Å². The van der Waals surface area contributed by atoms with Crippen LogP contribution in [0.25, 0.3) is 55.6 Å². The smallest absolute Gasteiger partial charge is 0.230 e. The summed E-state index contributed by atoms with van der Waals surface area (Å²) in [4.78, 5) is 0. The summed E-state index contributed by atoms with van der Waals surface area (Å²) in [5, 5.41) is 2.49. The van der Waals surface area contributed by atoms with E-state index in [1.54, 1.807) is 0 Å². The van der Waals surface area contributed by atoms with E-state index in [2.05, 4.69) is 134 Å². The highest BCUT2D eigenvalue weighted by atomic mass is 19.1. The molecular formula is C39H37FN3+. The summed E-state index contributed by atoms with van der Waals surface area (Å²) in [7, 11) is 2.18. The van der Waals surface area contributed by atoms with Gasteiger partial charge in [0.2, 0.25) is 0 Å². The molecule has 0 amide bonds. The molecule has 0 spiro atoms. The highest BCUT2D eigenvalue weighted by Gasteiger charge is 2.32. The average Bonchev–Trinajstić information content (AvgIpc) is 3.48. The predicted molar refractivity (Wildman–Crippen MR) is 177 cm³/mol. The summed E-state index contributed by atoms with van der Waals surface area (Å²) in [5.41, 5.74) is 11.8. The molecule has 7 aromatic rings. The van der Waals surface area contributed by atoms with E-state index in [0.717, 1.165) is 28.1 Å². The molecule has 0 saturated heterocycles. The third-order valence-electron chi connectivity index (χ3n) is 8.92. The molecular weight excluding hydrogens is 529 g/mol. The zero-order valence-electron chi connectivity index (χ0n) is 25.7. The Morgan fingerprint density at radius 1 is 0.628 bits per heavy atom. The zero-order valence-corrected chi connectivity index (χ0v) is 25.7. The molecule has 3 nitrogen and oxygen atoms in total. The Kier molecular flexibility index (Phi) is 6.46. The maximum atomic E-state index is 13.9. The zero-order chi connectivity index (χ0) is 30.0. The van der Waals surface area contributed by atoms with Crippen molar-refractivity contribution in [2.75, 3.05) is 0 Å². The molecule has 0 unspecified atom stereocenters. The molecule has 2 aromatic heterocycles. The standard InChI is InChI=1S/C39H37FN3/c1-24(2)30-13-10-14-31(25(3)4)38(30)43-36-23-28(27-17-20-29(40)21-18-27)19-22-35(36)41(6)39(43)42-34-16-8-7-12-32(34)33-15-9-11-26(5)37(33)42/h7-25H,1-6H3/q+1. The van der Waals surface area contributed by atoms with Crippen LogP contribution in [0.15, 0.2) is 103 Å². The quantitative estimate of drug-likeness (QED) is 0.184. The topological polar surface area (TPSA) is 13.7 Å². The highest BCUT2D eigenvalue weighted by Crippen LogP contribution is 2.39.